The van der Waals surface area contributed by atoms with Crippen LogP contribution in [0.5, 0.6) is 0 Å². The van der Waals surface area contributed by atoms with Crippen LogP contribution >= 0.6 is 0 Å². The quantitative estimate of drug-likeness (QED) is 0.624. The molecule has 3 N–H and O–H groups in total. The molecule has 9 nitrogen and oxygen atoms in total. The number of rotatable bonds is 3. The minimum Gasteiger partial charge on any atom is -0.368 e. The molecule has 2 atom stereocenters. The predicted octanol–water partition coefficient (Wildman–Crippen LogP) is -1.28. The summed E-state index contributed by atoms with van der Waals surface area (Å²) in [6, 6.07) is -4.75. The molecule has 2 unspecified atom stereocenters. The van der Waals surface area contributed by atoms with Gasteiger partial charge in [-0.1, -0.05) is 0 Å². The summed E-state index contributed by atoms with van der Waals surface area (Å²) in [6.07, 6.45) is -1.04. The number of nitrogens with two attached hydrogens (primary N) is 1. The molecule has 12 heteroatoms. The third kappa shape index (κ3) is 2.33. The second-order valence-electron chi connectivity index (χ2n) is 4.16. The van der Waals surface area contributed by atoms with Gasteiger partial charge in [0, 0.05) is 6.42 Å². The Hall–Kier alpha value is -1.53. The van der Waals surface area contributed by atoms with Crippen molar-refractivity contribution < 1.29 is 35.6 Å². The van der Waals surface area contributed by atoms with Crippen LogP contribution in [0.25, 0.3) is 0 Å². The fourth-order valence-corrected chi connectivity index (χ4v) is 2.48. The number of carbonyl (C=O) groups is 2. The van der Waals surface area contributed by atoms with E-state index in [1.165, 1.54) is 0 Å². The van der Waals surface area contributed by atoms with Gasteiger partial charge in [-0.3, -0.25) is 9.35 Å². The fourth-order valence-electron chi connectivity index (χ4n) is 2.11. The normalized spacial score (nSPS) is 29.7. The van der Waals surface area contributed by atoms with E-state index < -0.39 is 53.3 Å². The van der Waals surface area contributed by atoms with E-state index in [0.29, 0.717) is 4.90 Å². The topological polar surface area (TPSA) is 130 Å². The maximum atomic E-state index is 13.7. The lowest BCUT2D eigenvalue weighted by Crippen LogP contribution is -2.55. The van der Waals surface area contributed by atoms with Crippen LogP contribution < -0.4 is 5.73 Å². The first-order chi connectivity index (χ1) is 8.53. The van der Waals surface area contributed by atoms with Crippen molar-refractivity contribution in [2.75, 3.05) is 6.54 Å². The maximum Gasteiger partial charge on any atom is 0.418 e. The Bertz CT molecular complexity index is 537. The first kappa shape index (κ1) is 13.9. The molecule has 2 rings (SSSR count). The molecule has 2 saturated heterocycles. The molecule has 2 aliphatic heterocycles. The van der Waals surface area contributed by atoms with Gasteiger partial charge in [0.25, 0.3) is 5.92 Å². The summed E-state index contributed by atoms with van der Waals surface area (Å²) in [4.78, 5) is 23.4. The van der Waals surface area contributed by atoms with Gasteiger partial charge in [0.05, 0.1) is 6.54 Å². The van der Waals surface area contributed by atoms with Crippen LogP contribution in [0.15, 0.2) is 0 Å². The lowest BCUT2D eigenvalue weighted by atomic mass is 9.96. The highest BCUT2D eigenvalue weighted by Crippen LogP contribution is 2.40. The Balaban J connectivity index is 2.36. The molecule has 0 aromatic heterocycles. The van der Waals surface area contributed by atoms with E-state index in [9.17, 15) is 26.8 Å². The number of primary amides is 1. The summed E-state index contributed by atoms with van der Waals surface area (Å²) in [5, 5.41) is -0.154. The lowest BCUT2D eigenvalue weighted by molar-refractivity contribution is -0.152. The Morgan fingerprint density at radius 2 is 2.11 bits per heavy atom. The first-order valence-electron chi connectivity index (χ1n) is 4.97. The van der Waals surface area contributed by atoms with Crippen LogP contribution in [-0.4, -0.2) is 59.4 Å². The summed E-state index contributed by atoms with van der Waals surface area (Å²) in [5.41, 5.74) is 4.91. The van der Waals surface area contributed by atoms with Crippen molar-refractivity contribution in [2.24, 2.45) is 5.73 Å². The molecule has 0 saturated carbocycles. The SMILES string of the molecule is NC(=O)C1CC(F)(F)C2CN1C(=O)N2OS(=O)(=O)O. The third-order valence-corrected chi connectivity index (χ3v) is 3.27. The number of halogens is 2. The lowest BCUT2D eigenvalue weighted by Gasteiger charge is -2.34. The number of hydrogen-bond acceptors (Lipinski definition) is 5. The molecule has 2 heterocycles. The predicted molar refractivity (Wildman–Crippen MR) is 52.9 cm³/mol. The number of nitrogens with zero attached hydrogens (tertiary/aromatic N) is 2. The number of hydroxylamine groups is 2. The van der Waals surface area contributed by atoms with Crippen LogP contribution in [0.1, 0.15) is 6.42 Å². The third-order valence-electron chi connectivity index (χ3n) is 2.92. The summed E-state index contributed by atoms with van der Waals surface area (Å²) in [6.45, 7) is -0.630. The number of alkyl halides is 2. The highest BCUT2D eigenvalue weighted by Gasteiger charge is 2.61. The molecule has 0 radical (unpaired) electrons. The number of urea groups is 1. The summed E-state index contributed by atoms with van der Waals surface area (Å²) in [5.74, 6) is -4.72. The van der Waals surface area contributed by atoms with E-state index in [-0.39, 0.29) is 5.06 Å². The van der Waals surface area contributed by atoms with E-state index in [1.807, 2.05) is 0 Å². The van der Waals surface area contributed by atoms with Crippen molar-refractivity contribution in [3.8, 4) is 0 Å². The van der Waals surface area contributed by atoms with Gasteiger partial charge in [-0.25, -0.2) is 13.6 Å². The number of fused-ring (bicyclic) bond motifs is 2. The zero-order chi connectivity index (χ0) is 14.6. The molecule has 108 valence electrons. The minimum absolute atomic E-state index is 0.154. The zero-order valence-electron chi connectivity index (χ0n) is 9.19. The van der Waals surface area contributed by atoms with E-state index in [2.05, 4.69) is 4.28 Å². The molecule has 19 heavy (non-hydrogen) atoms. The van der Waals surface area contributed by atoms with Gasteiger partial charge >= 0.3 is 16.4 Å². The van der Waals surface area contributed by atoms with Crippen LogP contribution in [-0.2, 0) is 19.5 Å². The maximum absolute atomic E-state index is 13.7. The summed E-state index contributed by atoms with van der Waals surface area (Å²) in [7, 11) is -5.14. The van der Waals surface area contributed by atoms with E-state index in [0.717, 1.165) is 0 Å². The standard InChI is InChI=1S/C7H9F2N3O6S/c8-7(9)1-3(5(10)13)11-2-4(7)12(6(11)14)18-19(15,16)17/h3-4H,1-2H2,(H2,10,13)(H,15,16,17). The smallest absolute Gasteiger partial charge is 0.368 e. The Morgan fingerprint density at radius 3 is 2.58 bits per heavy atom. The van der Waals surface area contributed by atoms with Crippen LogP contribution in [0.4, 0.5) is 13.6 Å². The number of piperidine rings is 1. The second-order valence-corrected chi connectivity index (χ2v) is 5.17. The van der Waals surface area contributed by atoms with E-state index in [1.54, 1.807) is 0 Å². The van der Waals surface area contributed by atoms with Gasteiger partial charge in [-0.2, -0.15) is 13.5 Å². The monoisotopic (exact) mass is 301 g/mol. The van der Waals surface area contributed by atoms with Gasteiger partial charge in [0.15, 0.2) is 0 Å². The number of hydrogen-bond donors (Lipinski definition) is 2. The number of amides is 3. The van der Waals surface area contributed by atoms with Crippen molar-refractivity contribution in [3.05, 3.63) is 0 Å². The first-order valence-corrected chi connectivity index (χ1v) is 6.33. The molecule has 0 spiro atoms. The van der Waals surface area contributed by atoms with Crippen LogP contribution in [0.2, 0.25) is 0 Å². The Kier molecular flexibility index (Phi) is 2.91. The summed E-state index contributed by atoms with van der Waals surface area (Å²) >= 11 is 0. The van der Waals surface area contributed by atoms with Crippen LogP contribution in [0.3, 0.4) is 0 Å². The van der Waals surface area contributed by atoms with Crippen molar-refractivity contribution in [3.63, 3.8) is 0 Å². The van der Waals surface area contributed by atoms with Crippen molar-refractivity contribution >= 4 is 22.3 Å². The zero-order valence-corrected chi connectivity index (χ0v) is 10.0. The number of carbonyl (C=O) groups excluding carboxylic acids is 2. The van der Waals surface area contributed by atoms with Crippen LogP contribution in [0, 0.1) is 0 Å². The van der Waals surface area contributed by atoms with Gasteiger partial charge in [-0.05, 0) is 0 Å². The van der Waals surface area contributed by atoms with Crippen molar-refractivity contribution in [1.82, 2.24) is 9.96 Å². The van der Waals surface area contributed by atoms with Gasteiger partial charge < -0.3 is 10.6 Å². The van der Waals surface area contributed by atoms with E-state index in [4.69, 9.17) is 10.3 Å². The molecule has 0 aromatic rings. The van der Waals surface area contributed by atoms with E-state index >= 15 is 0 Å². The molecule has 2 bridgehead atoms. The van der Waals surface area contributed by atoms with Crippen molar-refractivity contribution in [2.45, 2.75) is 24.4 Å². The van der Waals surface area contributed by atoms with Gasteiger partial charge in [-0.15, -0.1) is 4.28 Å². The second kappa shape index (κ2) is 3.98. The highest BCUT2D eigenvalue weighted by atomic mass is 32.3. The summed E-state index contributed by atoms with van der Waals surface area (Å²) < 4.78 is 60.8. The molecule has 0 aliphatic carbocycles. The highest BCUT2D eigenvalue weighted by molar-refractivity contribution is 7.80. The Morgan fingerprint density at radius 1 is 1.53 bits per heavy atom. The molecule has 3 amide bonds. The Labute approximate surface area is 105 Å². The largest absolute Gasteiger partial charge is 0.418 e. The minimum atomic E-state index is -5.14. The van der Waals surface area contributed by atoms with Gasteiger partial charge in [0.2, 0.25) is 5.91 Å². The fraction of sp³-hybridized carbons (Fsp3) is 0.714. The van der Waals surface area contributed by atoms with Crippen molar-refractivity contribution in [1.29, 1.82) is 0 Å². The molecule has 0 aromatic carbocycles. The molecule has 2 aliphatic rings. The molecular formula is C7H9F2N3O6S. The average molecular weight is 301 g/mol. The molecule has 2 fully saturated rings. The molecular weight excluding hydrogens is 292 g/mol. The average Bonchev–Trinajstić information content (AvgIpc) is 2.48. The van der Waals surface area contributed by atoms with Gasteiger partial charge in [0.1, 0.15) is 12.1 Å².